The summed E-state index contributed by atoms with van der Waals surface area (Å²) in [5, 5.41) is 3.33. The summed E-state index contributed by atoms with van der Waals surface area (Å²) in [6.45, 7) is 6.46. The van der Waals surface area contributed by atoms with Gasteiger partial charge in [-0.3, -0.25) is 0 Å². The summed E-state index contributed by atoms with van der Waals surface area (Å²) in [4.78, 5) is 0. The van der Waals surface area contributed by atoms with Crippen molar-refractivity contribution in [2.45, 2.75) is 26.1 Å². The molecule has 0 aliphatic heterocycles. The highest BCUT2D eigenvalue weighted by atomic mass is 79.9. The van der Waals surface area contributed by atoms with Crippen LogP contribution in [0, 0.1) is 0 Å². The van der Waals surface area contributed by atoms with Gasteiger partial charge in [-0.2, -0.15) is 0 Å². The average molecular weight is 316 g/mol. The predicted octanol–water partition coefficient (Wildman–Crippen LogP) is 3.15. The fourth-order valence-corrected chi connectivity index (χ4v) is 2.34. The van der Waals surface area contributed by atoms with Gasteiger partial charge in [0, 0.05) is 18.1 Å². The Bertz CT molecular complexity index is 346. The number of nitrogens with one attached hydrogen (secondary N) is 1. The van der Waals surface area contributed by atoms with Crippen LogP contribution in [0.1, 0.15) is 25.5 Å². The molecule has 18 heavy (non-hydrogen) atoms. The van der Waals surface area contributed by atoms with Crippen molar-refractivity contribution in [3.05, 3.63) is 34.3 Å². The van der Waals surface area contributed by atoms with E-state index in [1.54, 1.807) is 7.11 Å². The van der Waals surface area contributed by atoms with Crippen LogP contribution in [0.3, 0.4) is 0 Å². The van der Waals surface area contributed by atoms with Crippen LogP contribution in [-0.2, 0) is 9.47 Å². The van der Waals surface area contributed by atoms with Crippen LogP contribution in [-0.4, -0.2) is 32.9 Å². The van der Waals surface area contributed by atoms with Gasteiger partial charge in [-0.05, 0) is 25.1 Å². The molecule has 0 aromatic heterocycles. The molecule has 0 bridgehead atoms. The van der Waals surface area contributed by atoms with E-state index >= 15 is 0 Å². The third-order valence-electron chi connectivity index (χ3n) is 2.63. The number of hydrogen-bond acceptors (Lipinski definition) is 3. The summed E-state index contributed by atoms with van der Waals surface area (Å²) in [5.41, 5.74) is 1.17. The Morgan fingerprint density at radius 2 is 2.06 bits per heavy atom. The van der Waals surface area contributed by atoms with Gasteiger partial charge in [0.15, 0.2) is 0 Å². The zero-order valence-electron chi connectivity index (χ0n) is 11.3. The van der Waals surface area contributed by atoms with E-state index in [-0.39, 0.29) is 12.2 Å². The van der Waals surface area contributed by atoms with Crippen molar-refractivity contribution < 1.29 is 9.47 Å². The molecule has 1 aromatic carbocycles. The maximum atomic E-state index is 6.04. The van der Waals surface area contributed by atoms with Crippen molar-refractivity contribution in [3.63, 3.8) is 0 Å². The largest absolute Gasteiger partial charge is 0.382 e. The Kier molecular flexibility index (Phi) is 7.51. The zero-order chi connectivity index (χ0) is 13.4. The topological polar surface area (TPSA) is 30.5 Å². The minimum Gasteiger partial charge on any atom is -0.382 e. The van der Waals surface area contributed by atoms with Gasteiger partial charge >= 0.3 is 0 Å². The molecule has 0 saturated heterocycles. The molecule has 0 spiro atoms. The first kappa shape index (κ1) is 15.6. The van der Waals surface area contributed by atoms with Gasteiger partial charge in [-0.25, -0.2) is 0 Å². The smallest absolute Gasteiger partial charge is 0.0964 e. The molecule has 2 atom stereocenters. The molecule has 2 unspecified atom stereocenters. The van der Waals surface area contributed by atoms with Crippen LogP contribution >= 0.6 is 15.9 Å². The first-order valence-corrected chi connectivity index (χ1v) is 7.07. The van der Waals surface area contributed by atoms with E-state index in [2.05, 4.69) is 34.2 Å². The van der Waals surface area contributed by atoms with Crippen LogP contribution in [0.4, 0.5) is 0 Å². The number of benzene rings is 1. The molecule has 0 aliphatic carbocycles. The SMILES string of the molecule is CCNCC(OC(C)COC)c1ccccc1Br. The normalized spacial score (nSPS) is 14.4. The minimum atomic E-state index is 0.0330. The van der Waals surface area contributed by atoms with E-state index in [1.165, 1.54) is 5.56 Å². The van der Waals surface area contributed by atoms with Crippen LogP contribution in [0.15, 0.2) is 28.7 Å². The van der Waals surface area contributed by atoms with Crippen molar-refractivity contribution in [3.8, 4) is 0 Å². The van der Waals surface area contributed by atoms with Crippen molar-refractivity contribution in [1.82, 2.24) is 5.32 Å². The van der Waals surface area contributed by atoms with E-state index in [9.17, 15) is 0 Å². The van der Waals surface area contributed by atoms with Crippen molar-refractivity contribution in [2.24, 2.45) is 0 Å². The second kappa shape index (κ2) is 8.64. The molecule has 0 aliphatic rings. The summed E-state index contributed by atoms with van der Waals surface area (Å²) in [5.74, 6) is 0. The number of methoxy groups -OCH3 is 1. The van der Waals surface area contributed by atoms with Crippen LogP contribution in [0.25, 0.3) is 0 Å². The van der Waals surface area contributed by atoms with Gasteiger partial charge in [-0.15, -0.1) is 0 Å². The third kappa shape index (κ3) is 5.06. The molecule has 0 radical (unpaired) electrons. The Hall–Kier alpha value is -0.420. The quantitative estimate of drug-likeness (QED) is 0.799. The summed E-state index contributed by atoms with van der Waals surface area (Å²) in [7, 11) is 1.69. The van der Waals surface area contributed by atoms with Crippen LogP contribution in [0.2, 0.25) is 0 Å². The molecule has 4 heteroatoms. The lowest BCUT2D eigenvalue weighted by atomic mass is 10.1. The monoisotopic (exact) mass is 315 g/mol. The standard InChI is InChI=1S/C14H22BrNO2/c1-4-16-9-14(18-11(2)10-17-3)12-7-5-6-8-13(12)15/h5-8,11,14,16H,4,9-10H2,1-3H3. The van der Waals surface area contributed by atoms with Gasteiger partial charge in [0.1, 0.15) is 0 Å². The van der Waals surface area contributed by atoms with Gasteiger partial charge in [0.05, 0.1) is 18.8 Å². The molecule has 1 N–H and O–H groups in total. The van der Waals surface area contributed by atoms with Crippen LogP contribution < -0.4 is 5.32 Å². The van der Waals surface area contributed by atoms with E-state index in [0.717, 1.165) is 17.6 Å². The fraction of sp³-hybridized carbons (Fsp3) is 0.571. The van der Waals surface area contributed by atoms with Gasteiger partial charge in [0.25, 0.3) is 0 Å². The van der Waals surface area contributed by atoms with E-state index in [1.807, 2.05) is 25.1 Å². The molecule has 102 valence electrons. The van der Waals surface area contributed by atoms with E-state index in [0.29, 0.717) is 6.61 Å². The highest BCUT2D eigenvalue weighted by Crippen LogP contribution is 2.26. The summed E-state index contributed by atoms with van der Waals surface area (Å²) >= 11 is 3.58. The van der Waals surface area contributed by atoms with Crippen LogP contribution in [0.5, 0.6) is 0 Å². The number of halogens is 1. The van der Waals surface area contributed by atoms with Crippen molar-refractivity contribution in [2.75, 3.05) is 26.8 Å². The lowest BCUT2D eigenvalue weighted by Gasteiger charge is -2.23. The lowest BCUT2D eigenvalue weighted by Crippen LogP contribution is -2.27. The number of ether oxygens (including phenoxy) is 2. The Labute approximate surface area is 118 Å². The molecule has 0 heterocycles. The molecular formula is C14H22BrNO2. The third-order valence-corrected chi connectivity index (χ3v) is 3.35. The van der Waals surface area contributed by atoms with Gasteiger partial charge < -0.3 is 14.8 Å². The Balaban J connectivity index is 2.74. The van der Waals surface area contributed by atoms with E-state index < -0.39 is 0 Å². The minimum absolute atomic E-state index is 0.0330. The van der Waals surface area contributed by atoms with Gasteiger partial charge in [-0.1, -0.05) is 41.1 Å². The summed E-state index contributed by atoms with van der Waals surface area (Å²) in [6.07, 6.45) is 0.108. The number of hydrogen-bond donors (Lipinski definition) is 1. The molecule has 3 nitrogen and oxygen atoms in total. The van der Waals surface area contributed by atoms with Crippen molar-refractivity contribution in [1.29, 1.82) is 0 Å². The van der Waals surface area contributed by atoms with Crippen molar-refractivity contribution >= 4 is 15.9 Å². The second-order valence-electron chi connectivity index (χ2n) is 4.22. The Morgan fingerprint density at radius 3 is 2.67 bits per heavy atom. The maximum Gasteiger partial charge on any atom is 0.0964 e. The average Bonchev–Trinajstić information content (AvgIpc) is 2.35. The second-order valence-corrected chi connectivity index (χ2v) is 5.07. The number of likely N-dealkylation sites (N-methyl/N-ethyl adjacent to an activating group) is 1. The van der Waals surface area contributed by atoms with E-state index in [4.69, 9.17) is 9.47 Å². The first-order valence-electron chi connectivity index (χ1n) is 6.28. The summed E-state index contributed by atoms with van der Waals surface area (Å²) < 4.78 is 12.2. The maximum absolute atomic E-state index is 6.04. The highest BCUT2D eigenvalue weighted by Gasteiger charge is 2.17. The molecule has 1 rings (SSSR count). The zero-order valence-corrected chi connectivity index (χ0v) is 12.9. The first-order chi connectivity index (χ1) is 8.69. The molecule has 1 aromatic rings. The Morgan fingerprint density at radius 1 is 1.33 bits per heavy atom. The fourth-order valence-electron chi connectivity index (χ4n) is 1.80. The predicted molar refractivity (Wildman–Crippen MR) is 77.8 cm³/mol. The molecular weight excluding hydrogens is 294 g/mol. The summed E-state index contributed by atoms with van der Waals surface area (Å²) in [6, 6.07) is 8.17. The molecule has 0 saturated carbocycles. The lowest BCUT2D eigenvalue weighted by molar-refractivity contribution is -0.0394. The molecule has 0 fully saturated rings. The molecule has 0 amide bonds. The highest BCUT2D eigenvalue weighted by molar-refractivity contribution is 9.10. The van der Waals surface area contributed by atoms with Gasteiger partial charge in [0.2, 0.25) is 0 Å². The number of rotatable bonds is 8.